The smallest absolute Gasteiger partial charge is 0.0332 e. The Balaban J connectivity index is 1.69. The van der Waals surface area contributed by atoms with Gasteiger partial charge in [0.2, 0.25) is 0 Å². The van der Waals surface area contributed by atoms with Crippen molar-refractivity contribution in [1.29, 1.82) is 0 Å². The quantitative estimate of drug-likeness (QED) is 0.817. The highest BCUT2D eigenvalue weighted by Gasteiger charge is 2.47. The van der Waals surface area contributed by atoms with E-state index < -0.39 is 0 Å². The Hall–Kier alpha value is -0.120. The molecule has 2 N–H and O–H groups in total. The SMILES string of the molecule is CN(C)C1(CN(C)C2(CN)CCCC(C3CC3)C2)CCC1. The Morgan fingerprint density at radius 2 is 1.57 bits per heavy atom. The molecule has 0 aliphatic heterocycles. The van der Waals surface area contributed by atoms with Crippen molar-refractivity contribution in [1.82, 2.24) is 9.80 Å². The van der Waals surface area contributed by atoms with E-state index >= 15 is 0 Å². The lowest BCUT2D eigenvalue weighted by atomic mass is 9.70. The molecule has 3 aliphatic rings. The van der Waals surface area contributed by atoms with Gasteiger partial charge in [-0.2, -0.15) is 0 Å². The molecule has 0 aromatic carbocycles. The maximum absolute atomic E-state index is 6.32. The van der Waals surface area contributed by atoms with E-state index in [1.165, 1.54) is 64.3 Å². The topological polar surface area (TPSA) is 32.5 Å². The van der Waals surface area contributed by atoms with Crippen molar-refractivity contribution in [3.8, 4) is 0 Å². The Morgan fingerprint density at radius 1 is 0.905 bits per heavy atom. The van der Waals surface area contributed by atoms with Gasteiger partial charge in [-0.1, -0.05) is 12.8 Å². The highest BCUT2D eigenvalue weighted by Crippen LogP contribution is 2.48. The number of rotatable bonds is 6. The Labute approximate surface area is 131 Å². The molecule has 0 aromatic rings. The minimum absolute atomic E-state index is 0.282. The molecule has 2 atom stereocenters. The predicted molar refractivity (Wildman–Crippen MR) is 89.4 cm³/mol. The van der Waals surface area contributed by atoms with Crippen LogP contribution in [0.25, 0.3) is 0 Å². The zero-order valence-electron chi connectivity index (χ0n) is 14.4. The summed E-state index contributed by atoms with van der Waals surface area (Å²) in [5.74, 6) is 2.00. The lowest BCUT2D eigenvalue weighted by Crippen LogP contribution is -2.63. The van der Waals surface area contributed by atoms with Crippen LogP contribution in [-0.2, 0) is 0 Å². The maximum Gasteiger partial charge on any atom is 0.0332 e. The first-order chi connectivity index (χ1) is 10.0. The van der Waals surface area contributed by atoms with E-state index in [1.807, 2.05) is 0 Å². The fourth-order valence-corrected chi connectivity index (χ4v) is 4.98. The zero-order chi connectivity index (χ0) is 15.1. The van der Waals surface area contributed by atoms with Crippen LogP contribution >= 0.6 is 0 Å². The molecule has 3 heteroatoms. The van der Waals surface area contributed by atoms with Gasteiger partial charge in [-0.25, -0.2) is 0 Å². The molecule has 3 saturated carbocycles. The van der Waals surface area contributed by atoms with E-state index in [9.17, 15) is 0 Å². The minimum Gasteiger partial charge on any atom is -0.329 e. The van der Waals surface area contributed by atoms with E-state index in [1.54, 1.807) is 0 Å². The van der Waals surface area contributed by atoms with Crippen molar-refractivity contribution in [3.63, 3.8) is 0 Å². The minimum atomic E-state index is 0.282. The first-order valence-corrected chi connectivity index (χ1v) is 9.10. The summed E-state index contributed by atoms with van der Waals surface area (Å²) < 4.78 is 0. The molecule has 0 saturated heterocycles. The molecular formula is C18H35N3. The van der Waals surface area contributed by atoms with E-state index in [-0.39, 0.29) is 5.54 Å². The normalized spacial score (nSPS) is 36.0. The molecule has 0 bridgehead atoms. The van der Waals surface area contributed by atoms with Crippen molar-refractivity contribution in [3.05, 3.63) is 0 Å². The molecule has 0 spiro atoms. The summed E-state index contributed by atoms with van der Waals surface area (Å²) in [6, 6.07) is 0. The van der Waals surface area contributed by atoms with Crippen LogP contribution in [0.15, 0.2) is 0 Å². The molecular weight excluding hydrogens is 258 g/mol. The van der Waals surface area contributed by atoms with Crippen molar-refractivity contribution >= 4 is 0 Å². The van der Waals surface area contributed by atoms with Gasteiger partial charge in [-0.05, 0) is 77.9 Å². The summed E-state index contributed by atoms with van der Waals surface area (Å²) in [5, 5.41) is 0. The van der Waals surface area contributed by atoms with Crippen molar-refractivity contribution in [2.24, 2.45) is 17.6 Å². The number of hydrogen-bond acceptors (Lipinski definition) is 3. The summed E-state index contributed by atoms with van der Waals surface area (Å²) in [5.41, 5.74) is 7.02. The van der Waals surface area contributed by atoms with E-state index in [4.69, 9.17) is 5.73 Å². The van der Waals surface area contributed by atoms with Gasteiger partial charge in [0, 0.05) is 24.2 Å². The Kier molecular flexibility index (Phi) is 4.37. The first kappa shape index (κ1) is 15.8. The molecule has 122 valence electrons. The summed E-state index contributed by atoms with van der Waals surface area (Å²) in [6.07, 6.45) is 12.6. The highest BCUT2D eigenvalue weighted by atomic mass is 15.3. The van der Waals surface area contributed by atoms with Crippen LogP contribution in [-0.4, -0.2) is 55.1 Å². The lowest BCUT2D eigenvalue weighted by molar-refractivity contribution is -0.0277. The van der Waals surface area contributed by atoms with Crippen LogP contribution in [0.5, 0.6) is 0 Å². The van der Waals surface area contributed by atoms with Gasteiger partial charge < -0.3 is 10.6 Å². The Morgan fingerprint density at radius 3 is 2.05 bits per heavy atom. The molecule has 2 unspecified atom stereocenters. The summed E-state index contributed by atoms with van der Waals surface area (Å²) in [4.78, 5) is 5.14. The monoisotopic (exact) mass is 293 g/mol. The predicted octanol–water partition coefficient (Wildman–Crippen LogP) is 2.70. The van der Waals surface area contributed by atoms with Crippen LogP contribution in [0.3, 0.4) is 0 Å². The van der Waals surface area contributed by atoms with Crippen molar-refractivity contribution in [2.45, 2.75) is 68.9 Å². The third-order valence-corrected chi connectivity index (χ3v) is 7.10. The van der Waals surface area contributed by atoms with Crippen molar-refractivity contribution in [2.75, 3.05) is 34.2 Å². The zero-order valence-corrected chi connectivity index (χ0v) is 14.4. The average molecular weight is 293 g/mol. The van der Waals surface area contributed by atoms with Gasteiger partial charge in [0.1, 0.15) is 0 Å². The molecule has 3 rings (SSSR count). The fraction of sp³-hybridized carbons (Fsp3) is 1.00. The molecule has 21 heavy (non-hydrogen) atoms. The van der Waals surface area contributed by atoms with Crippen LogP contribution < -0.4 is 5.73 Å². The third kappa shape index (κ3) is 2.89. The van der Waals surface area contributed by atoms with Gasteiger partial charge in [0.15, 0.2) is 0 Å². The number of hydrogen-bond donors (Lipinski definition) is 1. The van der Waals surface area contributed by atoms with Gasteiger partial charge in [-0.3, -0.25) is 4.90 Å². The molecule has 3 fully saturated rings. The summed E-state index contributed by atoms with van der Waals surface area (Å²) in [7, 11) is 6.87. The lowest BCUT2D eigenvalue weighted by Gasteiger charge is -2.54. The van der Waals surface area contributed by atoms with E-state index in [0.29, 0.717) is 5.54 Å². The Bertz CT molecular complexity index is 359. The van der Waals surface area contributed by atoms with Crippen LogP contribution in [0.4, 0.5) is 0 Å². The van der Waals surface area contributed by atoms with E-state index in [2.05, 4.69) is 30.9 Å². The average Bonchev–Trinajstić information content (AvgIpc) is 3.26. The fourth-order valence-electron chi connectivity index (χ4n) is 4.98. The molecule has 0 amide bonds. The molecule has 3 nitrogen and oxygen atoms in total. The first-order valence-electron chi connectivity index (χ1n) is 9.10. The standard InChI is InChI=1S/C18H35N3/c1-20(2)17(10-5-11-17)14-21(3)18(13-19)9-4-6-16(12-18)15-7-8-15/h15-16H,4-14,19H2,1-3H3. The second-order valence-electron chi connectivity index (χ2n) is 8.45. The number of likely N-dealkylation sites (N-methyl/N-ethyl adjacent to an activating group) is 2. The molecule has 0 radical (unpaired) electrons. The van der Waals surface area contributed by atoms with Crippen LogP contribution in [0, 0.1) is 11.8 Å². The third-order valence-electron chi connectivity index (χ3n) is 7.10. The van der Waals surface area contributed by atoms with Crippen LogP contribution in [0.2, 0.25) is 0 Å². The van der Waals surface area contributed by atoms with E-state index in [0.717, 1.165) is 18.4 Å². The second-order valence-corrected chi connectivity index (χ2v) is 8.45. The number of nitrogens with two attached hydrogens (primary N) is 1. The molecule has 0 heterocycles. The number of nitrogens with zero attached hydrogens (tertiary/aromatic N) is 2. The van der Waals surface area contributed by atoms with Crippen LogP contribution in [0.1, 0.15) is 57.8 Å². The summed E-state index contributed by atoms with van der Waals surface area (Å²) in [6.45, 7) is 2.05. The van der Waals surface area contributed by atoms with Gasteiger partial charge >= 0.3 is 0 Å². The summed E-state index contributed by atoms with van der Waals surface area (Å²) >= 11 is 0. The van der Waals surface area contributed by atoms with Gasteiger partial charge in [0.05, 0.1) is 0 Å². The largest absolute Gasteiger partial charge is 0.329 e. The highest BCUT2D eigenvalue weighted by molar-refractivity contribution is 5.04. The van der Waals surface area contributed by atoms with Gasteiger partial charge in [0.25, 0.3) is 0 Å². The maximum atomic E-state index is 6.32. The molecule has 3 aliphatic carbocycles. The molecule has 0 aromatic heterocycles. The second kappa shape index (κ2) is 5.82. The van der Waals surface area contributed by atoms with Crippen molar-refractivity contribution < 1.29 is 0 Å². The van der Waals surface area contributed by atoms with Gasteiger partial charge in [-0.15, -0.1) is 0 Å².